The van der Waals surface area contributed by atoms with Crippen LogP contribution in [0, 0.1) is 11.7 Å². The summed E-state index contributed by atoms with van der Waals surface area (Å²) in [5.41, 5.74) is 3.06. The van der Waals surface area contributed by atoms with Crippen molar-refractivity contribution in [3.8, 4) is 5.75 Å². The van der Waals surface area contributed by atoms with Gasteiger partial charge in [-0.05, 0) is 36.8 Å². The third kappa shape index (κ3) is 1.33. The molecule has 2 aromatic rings. The van der Waals surface area contributed by atoms with Gasteiger partial charge in [0.05, 0.1) is 12.6 Å². The molecule has 0 saturated heterocycles. The fourth-order valence-corrected chi connectivity index (χ4v) is 1.62. The van der Waals surface area contributed by atoms with Gasteiger partial charge in [0.15, 0.2) is 4.77 Å². The van der Waals surface area contributed by atoms with E-state index in [-0.39, 0.29) is 0 Å². The number of aromatic nitrogens is 2. The minimum absolute atomic E-state index is 0.624. The molecule has 3 nitrogen and oxygen atoms in total. The number of aromatic amines is 2. The summed E-state index contributed by atoms with van der Waals surface area (Å²) in [6, 6.07) is 4.01. The molecule has 2 N–H and O–H groups in total. The summed E-state index contributed by atoms with van der Waals surface area (Å²) in [6.45, 7) is 2.02. The van der Waals surface area contributed by atoms with Crippen LogP contribution in [-0.4, -0.2) is 17.1 Å². The lowest BCUT2D eigenvalue weighted by atomic mass is 10.2. The van der Waals surface area contributed by atoms with Crippen molar-refractivity contribution in [3.63, 3.8) is 0 Å². The first-order valence-corrected chi connectivity index (χ1v) is 4.38. The van der Waals surface area contributed by atoms with Crippen molar-refractivity contribution in [2.24, 2.45) is 0 Å². The first kappa shape index (κ1) is 8.31. The maximum absolute atomic E-state index is 5.22. The molecule has 0 fully saturated rings. The van der Waals surface area contributed by atoms with Crippen LogP contribution in [0.15, 0.2) is 12.1 Å². The predicted molar refractivity (Wildman–Crippen MR) is 54.8 cm³/mol. The van der Waals surface area contributed by atoms with Crippen LogP contribution >= 0.6 is 12.2 Å². The third-order valence-electron chi connectivity index (χ3n) is 1.95. The minimum Gasteiger partial charge on any atom is -0.494 e. The molecular weight excluding hydrogens is 184 g/mol. The average Bonchev–Trinajstić information content (AvgIpc) is 2.43. The lowest BCUT2D eigenvalue weighted by molar-refractivity contribution is 0.418. The van der Waals surface area contributed by atoms with Crippen molar-refractivity contribution in [3.05, 3.63) is 22.5 Å². The summed E-state index contributed by atoms with van der Waals surface area (Å²) in [6.07, 6.45) is 0. The first-order chi connectivity index (χ1) is 6.20. The predicted octanol–water partition coefficient (Wildman–Crippen LogP) is 2.54. The van der Waals surface area contributed by atoms with E-state index >= 15 is 0 Å². The first-order valence-electron chi connectivity index (χ1n) is 3.97. The van der Waals surface area contributed by atoms with Crippen LogP contribution in [0.3, 0.4) is 0 Å². The van der Waals surface area contributed by atoms with Crippen LogP contribution in [-0.2, 0) is 0 Å². The van der Waals surface area contributed by atoms with Gasteiger partial charge in [0.1, 0.15) is 11.3 Å². The summed E-state index contributed by atoms with van der Waals surface area (Å²) in [4.78, 5) is 6.09. The number of hydrogen-bond donors (Lipinski definition) is 2. The number of methoxy groups -OCH3 is 1. The van der Waals surface area contributed by atoms with Crippen LogP contribution in [0.4, 0.5) is 0 Å². The van der Waals surface area contributed by atoms with E-state index in [9.17, 15) is 0 Å². The normalized spacial score (nSPS) is 10.6. The zero-order valence-corrected chi connectivity index (χ0v) is 8.29. The maximum Gasteiger partial charge on any atom is 0.175 e. The van der Waals surface area contributed by atoms with Crippen LogP contribution in [0.25, 0.3) is 11.0 Å². The van der Waals surface area contributed by atoms with E-state index in [4.69, 9.17) is 17.0 Å². The molecule has 0 saturated carbocycles. The number of hydrogen-bond acceptors (Lipinski definition) is 2. The summed E-state index contributed by atoms with van der Waals surface area (Å²) in [5, 5.41) is 0. The molecule has 1 heterocycles. The Morgan fingerprint density at radius 1 is 1.31 bits per heavy atom. The van der Waals surface area contributed by atoms with Crippen molar-refractivity contribution < 1.29 is 4.74 Å². The molecule has 0 aliphatic heterocycles. The van der Waals surface area contributed by atoms with E-state index in [1.54, 1.807) is 7.11 Å². The number of imidazole rings is 1. The summed E-state index contributed by atoms with van der Waals surface area (Å²) >= 11 is 5.00. The number of aryl methyl sites for hydroxylation is 1. The Kier molecular flexibility index (Phi) is 1.84. The van der Waals surface area contributed by atoms with Crippen molar-refractivity contribution in [2.45, 2.75) is 6.92 Å². The van der Waals surface area contributed by atoms with Gasteiger partial charge in [-0.1, -0.05) is 0 Å². The van der Waals surface area contributed by atoms with Crippen LogP contribution in [0.2, 0.25) is 0 Å². The largest absolute Gasteiger partial charge is 0.494 e. The summed E-state index contributed by atoms with van der Waals surface area (Å²) in [5.74, 6) is 0.822. The molecule has 1 aromatic heterocycles. The number of benzene rings is 1. The zero-order chi connectivity index (χ0) is 9.42. The van der Waals surface area contributed by atoms with Gasteiger partial charge in [0.25, 0.3) is 0 Å². The third-order valence-corrected chi connectivity index (χ3v) is 2.16. The fraction of sp³-hybridized carbons (Fsp3) is 0.222. The minimum atomic E-state index is 0.624. The molecule has 68 valence electrons. The van der Waals surface area contributed by atoms with Crippen LogP contribution < -0.4 is 4.74 Å². The van der Waals surface area contributed by atoms with E-state index in [1.165, 1.54) is 0 Å². The Bertz CT molecular complexity index is 498. The molecule has 0 radical (unpaired) electrons. The Balaban J connectivity index is 2.88. The quantitative estimate of drug-likeness (QED) is 0.685. The van der Waals surface area contributed by atoms with Gasteiger partial charge in [-0.2, -0.15) is 0 Å². The topological polar surface area (TPSA) is 40.8 Å². The lowest BCUT2D eigenvalue weighted by Crippen LogP contribution is -1.85. The monoisotopic (exact) mass is 194 g/mol. The second kappa shape index (κ2) is 2.88. The van der Waals surface area contributed by atoms with Gasteiger partial charge in [0, 0.05) is 0 Å². The van der Waals surface area contributed by atoms with Gasteiger partial charge in [-0.25, -0.2) is 0 Å². The average molecular weight is 194 g/mol. The molecule has 13 heavy (non-hydrogen) atoms. The van der Waals surface area contributed by atoms with Gasteiger partial charge in [-0.15, -0.1) is 0 Å². The Labute approximate surface area is 80.7 Å². The van der Waals surface area contributed by atoms with Crippen molar-refractivity contribution in [1.29, 1.82) is 0 Å². The highest BCUT2D eigenvalue weighted by Crippen LogP contribution is 2.24. The van der Waals surface area contributed by atoms with Gasteiger partial charge >= 0.3 is 0 Å². The number of H-pyrrole nitrogens is 2. The summed E-state index contributed by atoms with van der Waals surface area (Å²) in [7, 11) is 1.65. The van der Waals surface area contributed by atoms with Gasteiger partial charge in [-0.3, -0.25) is 0 Å². The fourth-order valence-electron chi connectivity index (χ4n) is 1.41. The van der Waals surface area contributed by atoms with E-state index in [2.05, 4.69) is 9.97 Å². The molecule has 4 heteroatoms. The lowest BCUT2D eigenvalue weighted by Gasteiger charge is -2.01. The van der Waals surface area contributed by atoms with Gasteiger partial charge < -0.3 is 14.7 Å². The molecule has 1 aromatic carbocycles. The second-order valence-corrected chi connectivity index (χ2v) is 3.38. The molecular formula is C9H10N2OS. The molecule has 0 spiro atoms. The molecule has 0 aliphatic carbocycles. The highest BCUT2D eigenvalue weighted by Gasteiger charge is 2.03. The molecule has 2 rings (SSSR count). The highest BCUT2D eigenvalue weighted by atomic mass is 32.1. The van der Waals surface area contributed by atoms with Crippen LogP contribution in [0.5, 0.6) is 5.75 Å². The second-order valence-electron chi connectivity index (χ2n) is 2.97. The molecule has 0 amide bonds. The van der Waals surface area contributed by atoms with E-state index in [0.29, 0.717) is 4.77 Å². The highest BCUT2D eigenvalue weighted by molar-refractivity contribution is 7.71. The van der Waals surface area contributed by atoms with Gasteiger partial charge in [0.2, 0.25) is 0 Å². The van der Waals surface area contributed by atoms with E-state index < -0.39 is 0 Å². The summed E-state index contributed by atoms with van der Waals surface area (Å²) < 4.78 is 5.85. The zero-order valence-electron chi connectivity index (χ0n) is 7.47. The number of nitrogens with one attached hydrogen (secondary N) is 2. The Morgan fingerprint density at radius 3 is 2.77 bits per heavy atom. The number of rotatable bonds is 1. The van der Waals surface area contributed by atoms with E-state index in [0.717, 1.165) is 22.3 Å². The van der Waals surface area contributed by atoms with Crippen molar-refractivity contribution >= 4 is 23.3 Å². The SMILES string of the molecule is COc1cc(C)cc2[nH]c(=S)[nH]c12. The Hall–Kier alpha value is -1.29. The molecule has 0 bridgehead atoms. The van der Waals surface area contributed by atoms with Crippen molar-refractivity contribution in [2.75, 3.05) is 7.11 Å². The number of ether oxygens (including phenoxy) is 1. The molecule has 0 atom stereocenters. The number of fused-ring (bicyclic) bond motifs is 1. The van der Waals surface area contributed by atoms with Crippen molar-refractivity contribution in [1.82, 2.24) is 9.97 Å². The smallest absolute Gasteiger partial charge is 0.175 e. The maximum atomic E-state index is 5.22. The standard InChI is InChI=1S/C9H10N2OS/c1-5-3-6-8(7(4-5)12-2)11-9(13)10-6/h3-4H,1-2H3,(H2,10,11,13). The molecule has 0 aliphatic rings. The molecule has 0 unspecified atom stereocenters. The van der Waals surface area contributed by atoms with E-state index in [1.807, 2.05) is 19.1 Å². The Morgan fingerprint density at radius 2 is 2.08 bits per heavy atom. The van der Waals surface area contributed by atoms with Crippen LogP contribution in [0.1, 0.15) is 5.56 Å².